The van der Waals surface area contributed by atoms with E-state index in [2.05, 4.69) is 0 Å². The summed E-state index contributed by atoms with van der Waals surface area (Å²) in [5.74, 6) is 0.600. The fraction of sp³-hybridized carbons (Fsp3) is 0.533. The van der Waals surface area contributed by atoms with Crippen LogP contribution in [-0.2, 0) is 0 Å². The van der Waals surface area contributed by atoms with Crippen LogP contribution in [0.3, 0.4) is 0 Å². The highest BCUT2D eigenvalue weighted by molar-refractivity contribution is 5.71. The molecule has 4 nitrogen and oxygen atoms in total. The first kappa shape index (κ1) is 13.9. The molecular weight excluding hydrogens is 240 g/mol. The van der Waals surface area contributed by atoms with Crippen LogP contribution in [0.15, 0.2) is 30.3 Å². The standard InChI is InChI=1S/C15H22N2O2/c16-11-6-12-17(13-7-4-5-8-13)15(18)19-14-9-2-1-3-10-14/h1-3,9-10,13H,4-8,11-12,16H2. The van der Waals surface area contributed by atoms with E-state index in [1.54, 1.807) is 12.1 Å². The largest absolute Gasteiger partial charge is 0.415 e. The molecule has 1 amide bonds. The summed E-state index contributed by atoms with van der Waals surface area (Å²) >= 11 is 0. The number of hydrogen-bond donors (Lipinski definition) is 1. The van der Waals surface area contributed by atoms with Crippen molar-refractivity contribution in [1.82, 2.24) is 4.90 Å². The SMILES string of the molecule is NCCCN(C(=O)Oc1ccccc1)C1CCCC1. The molecule has 0 aliphatic heterocycles. The molecule has 1 aliphatic carbocycles. The molecule has 19 heavy (non-hydrogen) atoms. The zero-order chi connectivity index (χ0) is 13.5. The first-order valence-electron chi connectivity index (χ1n) is 7.05. The van der Waals surface area contributed by atoms with E-state index in [1.807, 2.05) is 23.1 Å². The number of carbonyl (C=O) groups excluding carboxylic acids is 1. The van der Waals surface area contributed by atoms with Gasteiger partial charge in [0.15, 0.2) is 0 Å². The number of benzene rings is 1. The molecule has 0 spiro atoms. The molecule has 0 saturated heterocycles. The van der Waals surface area contributed by atoms with E-state index >= 15 is 0 Å². The Hall–Kier alpha value is -1.55. The van der Waals surface area contributed by atoms with Crippen molar-refractivity contribution in [3.63, 3.8) is 0 Å². The third-order valence-corrected chi connectivity index (χ3v) is 3.55. The summed E-state index contributed by atoms with van der Waals surface area (Å²) in [7, 11) is 0. The third kappa shape index (κ3) is 3.96. The van der Waals surface area contributed by atoms with Crippen LogP contribution < -0.4 is 10.5 Å². The molecule has 0 radical (unpaired) electrons. The second-order valence-corrected chi connectivity index (χ2v) is 4.95. The number of carbonyl (C=O) groups is 1. The van der Waals surface area contributed by atoms with Crippen molar-refractivity contribution in [2.24, 2.45) is 5.73 Å². The molecule has 1 fully saturated rings. The Morgan fingerprint density at radius 2 is 1.95 bits per heavy atom. The van der Waals surface area contributed by atoms with Crippen molar-refractivity contribution in [2.45, 2.75) is 38.1 Å². The Kier molecular flexibility index (Phi) is 5.21. The fourth-order valence-corrected chi connectivity index (χ4v) is 2.55. The second kappa shape index (κ2) is 7.14. The average molecular weight is 262 g/mol. The van der Waals surface area contributed by atoms with Gasteiger partial charge in [-0.25, -0.2) is 4.79 Å². The molecule has 0 bridgehead atoms. The van der Waals surface area contributed by atoms with Gasteiger partial charge in [-0.2, -0.15) is 0 Å². The number of hydrogen-bond acceptors (Lipinski definition) is 3. The first-order valence-corrected chi connectivity index (χ1v) is 7.05. The summed E-state index contributed by atoms with van der Waals surface area (Å²) in [4.78, 5) is 14.1. The molecular formula is C15H22N2O2. The summed E-state index contributed by atoms with van der Waals surface area (Å²) < 4.78 is 5.43. The summed E-state index contributed by atoms with van der Waals surface area (Å²) in [6.45, 7) is 1.29. The topological polar surface area (TPSA) is 55.6 Å². The lowest BCUT2D eigenvalue weighted by atomic mass is 10.2. The minimum atomic E-state index is -0.244. The monoisotopic (exact) mass is 262 g/mol. The van der Waals surface area contributed by atoms with Crippen molar-refractivity contribution in [3.05, 3.63) is 30.3 Å². The Morgan fingerprint density at radius 1 is 1.26 bits per heavy atom. The fourth-order valence-electron chi connectivity index (χ4n) is 2.55. The van der Waals surface area contributed by atoms with Crippen LogP contribution in [-0.4, -0.2) is 30.1 Å². The van der Waals surface area contributed by atoms with Crippen LogP contribution in [0.1, 0.15) is 32.1 Å². The van der Waals surface area contributed by atoms with Gasteiger partial charge in [0.25, 0.3) is 0 Å². The number of nitrogens with two attached hydrogens (primary N) is 1. The Labute approximate surface area is 114 Å². The van der Waals surface area contributed by atoms with Crippen LogP contribution >= 0.6 is 0 Å². The van der Waals surface area contributed by atoms with Gasteiger partial charge in [0, 0.05) is 12.6 Å². The molecule has 1 aromatic carbocycles. The molecule has 104 valence electrons. The number of amides is 1. The molecule has 0 atom stereocenters. The van der Waals surface area contributed by atoms with Crippen molar-refractivity contribution >= 4 is 6.09 Å². The van der Waals surface area contributed by atoms with E-state index in [0.717, 1.165) is 19.3 Å². The Bertz CT molecular complexity index is 388. The Balaban J connectivity index is 1.98. The highest BCUT2D eigenvalue weighted by atomic mass is 16.6. The molecule has 1 aliphatic rings. The van der Waals surface area contributed by atoms with Gasteiger partial charge < -0.3 is 15.4 Å². The Morgan fingerprint density at radius 3 is 2.58 bits per heavy atom. The minimum Gasteiger partial charge on any atom is -0.410 e. The van der Waals surface area contributed by atoms with Crippen LogP contribution in [0, 0.1) is 0 Å². The number of nitrogens with zero attached hydrogens (tertiary/aromatic N) is 1. The number of rotatable bonds is 5. The highest BCUT2D eigenvalue weighted by Crippen LogP contribution is 2.24. The molecule has 4 heteroatoms. The van der Waals surface area contributed by atoms with Crippen molar-refractivity contribution in [1.29, 1.82) is 0 Å². The molecule has 1 aromatic rings. The van der Waals surface area contributed by atoms with E-state index < -0.39 is 0 Å². The highest BCUT2D eigenvalue weighted by Gasteiger charge is 2.27. The van der Waals surface area contributed by atoms with Crippen LogP contribution in [0.2, 0.25) is 0 Å². The maximum absolute atomic E-state index is 12.3. The van der Waals surface area contributed by atoms with E-state index in [4.69, 9.17) is 10.5 Å². The zero-order valence-electron chi connectivity index (χ0n) is 11.3. The normalized spacial score (nSPS) is 15.4. The molecule has 2 N–H and O–H groups in total. The molecule has 2 rings (SSSR count). The molecule has 0 unspecified atom stereocenters. The lowest BCUT2D eigenvalue weighted by Crippen LogP contribution is -2.41. The quantitative estimate of drug-likeness (QED) is 0.887. The third-order valence-electron chi connectivity index (χ3n) is 3.55. The van der Waals surface area contributed by atoms with Crippen LogP contribution in [0.5, 0.6) is 5.75 Å². The van der Waals surface area contributed by atoms with Gasteiger partial charge in [0.05, 0.1) is 0 Å². The summed E-state index contributed by atoms with van der Waals surface area (Å²) in [5.41, 5.74) is 5.55. The molecule has 1 saturated carbocycles. The van der Waals surface area contributed by atoms with E-state index in [0.29, 0.717) is 24.9 Å². The number of para-hydroxylation sites is 1. The van der Waals surface area contributed by atoms with Gasteiger partial charge in [-0.1, -0.05) is 31.0 Å². The van der Waals surface area contributed by atoms with E-state index in [1.165, 1.54) is 12.8 Å². The van der Waals surface area contributed by atoms with Crippen LogP contribution in [0.25, 0.3) is 0 Å². The van der Waals surface area contributed by atoms with Gasteiger partial charge in [-0.05, 0) is 37.9 Å². The second-order valence-electron chi connectivity index (χ2n) is 4.95. The van der Waals surface area contributed by atoms with Crippen molar-refractivity contribution < 1.29 is 9.53 Å². The lowest BCUT2D eigenvalue weighted by molar-refractivity contribution is 0.131. The first-order chi connectivity index (χ1) is 9.31. The predicted molar refractivity (Wildman–Crippen MR) is 75.1 cm³/mol. The van der Waals surface area contributed by atoms with Gasteiger partial charge in [0.1, 0.15) is 5.75 Å². The maximum atomic E-state index is 12.3. The average Bonchev–Trinajstić information content (AvgIpc) is 2.94. The molecule has 0 heterocycles. The van der Waals surface area contributed by atoms with Crippen molar-refractivity contribution in [3.8, 4) is 5.75 Å². The van der Waals surface area contributed by atoms with Crippen LogP contribution in [0.4, 0.5) is 4.79 Å². The van der Waals surface area contributed by atoms with Crippen molar-refractivity contribution in [2.75, 3.05) is 13.1 Å². The summed E-state index contributed by atoms with van der Waals surface area (Å²) in [5, 5.41) is 0. The van der Waals surface area contributed by atoms with Gasteiger partial charge in [0.2, 0.25) is 0 Å². The zero-order valence-corrected chi connectivity index (χ0v) is 11.3. The molecule has 0 aromatic heterocycles. The predicted octanol–water partition coefficient (Wildman–Crippen LogP) is 2.78. The van der Waals surface area contributed by atoms with Gasteiger partial charge in [-0.3, -0.25) is 0 Å². The van der Waals surface area contributed by atoms with Gasteiger partial charge >= 0.3 is 6.09 Å². The summed E-state index contributed by atoms with van der Waals surface area (Å²) in [6.07, 6.45) is 5.13. The van der Waals surface area contributed by atoms with E-state index in [-0.39, 0.29) is 6.09 Å². The maximum Gasteiger partial charge on any atom is 0.415 e. The lowest BCUT2D eigenvalue weighted by Gasteiger charge is -2.27. The van der Waals surface area contributed by atoms with E-state index in [9.17, 15) is 4.79 Å². The number of ether oxygens (including phenoxy) is 1. The smallest absolute Gasteiger partial charge is 0.410 e. The minimum absolute atomic E-state index is 0.244. The van der Waals surface area contributed by atoms with Gasteiger partial charge in [-0.15, -0.1) is 0 Å². The summed E-state index contributed by atoms with van der Waals surface area (Å²) in [6, 6.07) is 9.55.